The summed E-state index contributed by atoms with van der Waals surface area (Å²) in [6.07, 6.45) is 0. The quantitative estimate of drug-likeness (QED) is 0.383. The second-order valence-corrected chi connectivity index (χ2v) is 7.14. The highest BCUT2D eigenvalue weighted by atomic mass is 16.5. The monoisotopic (exact) mass is 457 g/mol. The van der Waals surface area contributed by atoms with Crippen LogP contribution in [0.3, 0.4) is 0 Å². The summed E-state index contributed by atoms with van der Waals surface area (Å²) in [7, 11) is 0. The maximum Gasteiger partial charge on any atom is 0.338 e. The Labute approximate surface area is 195 Å². The maximum atomic E-state index is 11.9. The zero-order valence-electron chi connectivity index (χ0n) is 18.8. The Hall–Kier alpha value is -4.46. The largest absolute Gasteiger partial charge is 0.462 e. The van der Waals surface area contributed by atoms with Crippen molar-refractivity contribution >= 4 is 40.2 Å². The minimum Gasteiger partial charge on any atom is -0.462 e. The van der Waals surface area contributed by atoms with Crippen LogP contribution in [0, 0.1) is 0 Å². The molecule has 0 amide bonds. The number of nitrogens with zero attached hydrogens (tertiary/aromatic N) is 2. The zero-order valence-corrected chi connectivity index (χ0v) is 18.8. The number of fused-ring (bicyclic) bond motifs is 1. The van der Waals surface area contributed by atoms with Gasteiger partial charge in [0.15, 0.2) is 11.4 Å². The number of nitrogens with one attached hydrogen (secondary N) is 1. The van der Waals surface area contributed by atoms with Gasteiger partial charge in [0.25, 0.3) is 5.55 Å². The van der Waals surface area contributed by atoms with Crippen molar-refractivity contribution in [2.75, 3.05) is 18.5 Å². The fraction of sp³-hybridized carbons (Fsp3) is 0.154. The molecule has 1 N–H and O–H groups in total. The SMILES string of the molecule is CCOC(=O)c1ccc(N=c2oc3ccccc3nc2Nc2ccc(C(=O)OCC)cc2)cc1. The molecular weight excluding hydrogens is 434 g/mol. The Morgan fingerprint density at radius 1 is 0.853 bits per heavy atom. The molecule has 0 unspecified atom stereocenters. The highest BCUT2D eigenvalue weighted by Crippen LogP contribution is 2.19. The summed E-state index contributed by atoms with van der Waals surface area (Å²) in [6.45, 7) is 4.14. The molecule has 4 rings (SSSR count). The van der Waals surface area contributed by atoms with Crippen LogP contribution in [0.25, 0.3) is 11.1 Å². The minimum absolute atomic E-state index is 0.261. The second-order valence-electron chi connectivity index (χ2n) is 7.14. The van der Waals surface area contributed by atoms with Gasteiger partial charge in [-0.1, -0.05) is 12.1 Å². The third kappa shape index (κ3) is 5.29. The average Bonchev–Trinajstić information content (AvgIpc) is 2.85. The van der Waals surface area contributed by atoms with Gasteiger partial charge in [0.05, 0.1) is 30.0 Å². The Morgan fingerprint density at radius 2 is 1.44 bits per heavy atom. The molecule has 0 aliphatic heterocycles. The zero-order chi connectivity index (χ0) is 23.9. The van der Waals surface area contributed by atoms with Gasteiger partial charge in [-0.25, -0.2) is 19.6 Å². The summed E-state index contributed by atoms with van der Waals surface area (Å²) in [4.78, 5) is 33.1. The van der Waals surface area contributed by atoms with Crippen LogP contribution >= 0.6 is 0 Å². The van der Waals surface area contributed by atoms with E-state index in [0.29, 0.717) is 52.6 Å². The Bertz CT molecular complexity index is 1380. The summed E-state index contributed by atoms with van der Waals surface area (Å²) >= 11 is 0. The van der Waals surface area contributed by atoms with E-state index in [1.165, 1.54) is 0 Å². The molecule has 0 bridgehead atoms. The fourth-order valence-electron chi connectivity index (χ4n) is 3.16. The predicted molar refractivity (Wildman–Crippen MR) is 127 cm³/mol. The third-order valence-electron chi connectivity index (χ3n) is 4.77. The minimum atomic E-state index is -0.389. The van der Waals surface area contributed by atoms with Crippen molar-refractivity contribution in [1.29, 1.82) is 0 Å². The molecule has 0 aliphatic carbocycles. The number of aromatic nitrogens is 1. The molecule has 0 saturated heterocycles. The number of esters is 2. The molecule has 1 heterocycles. The number of para-hydroxylation sites is 2. The summed E-state index contributed by atoms with van der Waals surface area (Å²) in [5, 5.41) is 3.20. The fourth-order valence-corrected chi connectivity index (χ4v) is 3.16. The number of benzene rings is 3. The summed E-state index contributed by atoms with van der Waals surface area (Å²) in [6, 6.07) is 20.9. The third-order valence-corrected chi connectivity index (χ3v) is 4.77. The number of carbonyl (C=O) groups is 2. The number of anilines is 2. The first kappa shape index (κ1) is 22.7. The van der Waals surface area contributed by atoms with Crippen LogP contribution < -0.4 is 10.9 Å². The molecule has 0 saturated carbocycles. The van der Waals surface area contributed by atoms with Crippen molar-refractivity contribution in [2.24, 2.45) is 4.99 Å². The van der Waals surface area contributed by atoms with Gasteiger partial charge in [0, 0.05) is 5.69 Å². The smallest absolute Gasteiger partial charge is 0.338 e. The molecule has 34 heavy (non-hydrogen) atoms. The molecule has 0 radical (unpaired) electrons. The first-order valence-corrected chi connectivity index (χ1v) is 10.8. The van der Waals surface area contributed by atoms with E-state index in [2.05, 4.69) is 15.3 Å². The van der Waals surface area contributed by atoms with Crippen molar-refractivity contribution in [3.63, 3.8) is 0 Å². The number of carbonyl (C=O) groups excluding carboxylic acids is 2. The number of hydrogen-bond acceptors (Lipinski definition) is 8. The van der Waals surface area contributed by atoms with Crippen molar-refractivity contribution in [3.05, 3.63) is 89.5 Å². The summed E-state index contributed by atoms with van der Waals surface area (Å²) < 4.78 is 16.1. The lowest BCUT2D eigenvalue weighted by atomic mass is 10.2. The lowest BCUT2D eigenvalue weighted by molar-refractivity contribution is 0.0517. The van der Waals surface area contributed by atoms with Crippen LogP contribution in [0.4, 0.5) is 17.2 Å². The molecule has 1 aromatic heterocycles. The molecule has 172 valence electrons. The first-order chi connectivity index (χ1) is 16.6. The molecule has 0 spiro atoms. The lowest BCUT2D eigenvalue weighted by Crippen LogP contribution is -2.11. The van der Waals surface area contributed by atoms with Crippen LogP contribution in [0.1, 0.15) is 34.6 Å². The topological polar surface area (TPSA) is 103 Å². The van der Waals surface area contributed by atoms with E-state index in [4.69, 9.17) is 13.9 Å². The van der Waals surface area contributed by atoms with Crippen LogP contribution in [-0.2, 0) is 9.47 Å². The summed E-state index contributed by atoms with van der Waals surface area (Å²) in [5.74, 6) is -0.369. The maximum absolute atomic E-state index is 11.9. The highest BCUT2D eigenvalue weighted by Gasteiger charge is 2.10. The molecule has 0 atom stereocenters. The van der Waals surface area contributed by atoms with E-state index in [-0.39, 0.29) is 17.5 Å². The molecular formula is C26H23N3O5. The standard InChI is InChI=1S/C26H23N3O5/c1-3-32-25(30)17-9-13-19(14-10-17)27-23-24(34-22-8-6-5-7-21(22)29-23)28-20-15-11-18(12-16-20)26(31)33-4-2/h5-16H,3-4H2,1-2H3,(H,27,29). The molecule has 0 aliphatic rings. The van der Waals surface area contributed by atoms with Gasteiger partial charge in [-0.3, -0.25) is 0 Å². The van der Waals surface area contributed by atoms with Gasteiger partial charge in [0.2, 0.25) is 0 Å². The Balaban J connectivity index is 1.69. The first-order valence-electron chi connectivity index (χ1n) is 10.8. The normalized spacial score (nSPS) is 11.3. The summed E-state index contributed by atoms with van der Waals surface area (Å²) in [5.41, 5.74) is 3.66. The van der Waals surface area contributed by atoms with Gasteiger partial charge < -0.3 is 19.2 Å². The second kappa shape index (κ2) is 10.4. The van der Waals surface area contributed by atoms with Crippen LogP contribution in [0.5, 0.6) is 0 Å². The van der Waals surface area contributed by atoms with Gasteiger partial charge in [-0.2, -0.15) is 0 Å². The van der Waals surface area contributed by atoms with E-state index < -0.39 is 0 Å². The molecule has 4 aromatic rings. The van der Waals surface area contributed by atoms with Crippen molar-refractivity contribution < 1.29 is 23.5 Å². The van der Waals surface area contributed by atoms with E-state index in [1.807, 2.05) is 24.3 Å². The van der Waals surface area contributed by atoms with Crippen LogP contribution in [0.15, 0.2) is 82.2 Å². The van der Waals surface area contributed by atoms with Gasteiger partial charge in [-0.05, 0) is 74.5 Å². The van der Waals surface area contributed by atoms with Gasteiger partial charge >= 0.3 is 11.9 Å². The van der Waals surface area contributed by atoms with E-state index in [0.717, 1.165) is 0 Å². The molecule has 0 fully saturated rings. The number of ether oxygens (including phenoxy) is 2. The van der Waals surface area contributed by atoms with Crippen LogP contribution in [0.2, 0.25) is 0 Å². The van der Waals surface area contributed by atoms with Crippen molar-refractivity contribution in [1.82, 2.24) is 4.98 Å². The van der Waals surface area contributed by atoms with Crippen LogP contribution in [-0.4, -0.2) is 30.1 Å². The highest BCUT2D eigenvalue weighted by molar-refractivity contribution is 5.90. The van der Waals surface area contributed by atoms with Crippen molar-refractivity contribution in [2.45, 2.75) is 13.8 Å². The van der Waals surface area contributed by atoms with E-state index in [9.17, 15) is 9.59 Å². The van der Waals surface area contributed by atoms with Gasteiger partial charge in [-0.15, -0.1) is 0 Å². The Morgan fingerprint density at radius 3 is 2.06 bits per heavy atom. The number of rotatable bonds is 7. The molecule has 8 nitrogen and oxygen atoms in total. The molecule has 8 heteroatoms. The van der Waals surface area contributed by atoms with E-state index in [1.54, 1.807) is 62.4 Å². The number of hydrogen-bond donors (Lipinski definition) is 1. The predicted octanol–water partition coefficient (Wildman–Crippen LogP) is 5.16. The van der Waals surface area contributed by atoms with Gasteiger partial charge in [0.1, 0.15) is 5.52 Å². The Kier molecular flexibility index (Phi) is 6.98. The lowest BCUT2D eigenvalue weighted by Gasteiger charge is -2.08. The average molecular weight is 457 g/mol. The van der Waals surface area contributed by atoms with Crippen molar-refractivity contribution in [3.8, 4) is 0 Å². The molecule has 3 aromatic carbocycles. The van der Waals surface area contributed by atoms with E-state index >= 15 is 0 Å².